The van der Waals surface area contributed by atoms with Crippen LogP contribution in [-0.2, 0) is 0 Å². The molecule has 1 unspecified atom stereocenters. The van der Waals surface area contributed by atoms with Crippen molar-refractivity contribution < 1.29 is 22.6 Å². The van der Waals surface area contributed by atoms with Crippen molar-refractivity contribution in [1.82, 2.24) is 0 Å². The lowest BCUT2D eigenvalue weighted by molar-refractivity contribution is 0.386. The quantitative estimate of drug-likeness (QED) is 0.741. The normalized spacial score (nSPS) is 12.1. The van der Waals surface area contributed by atoms with Crippen LogP contribution in [0.1, 0.15) is 16.0 Å². The zero-order valence-corrected chi connectivity index (χ0v) is 12.9. The summed E-state index contributed by atoms with van der Waals surface area (Å²) in [5, 5.41) is 0. The lowest BCUT2D eigenvalue weighted by Gasteiger charge is -2.15. The molecule has 2 nitrogen and oxygen atoms in total. The van der Waals surface area contributed by atoms with Crippen LogP contribution in [0, 0.1) is 17.5 Å². The fraction of sp³-hybridized carbons (Fsp3) is 0.200. The molecule has 0 aliphatic carbocycles. The second-order valence-electron chi connectivity index (χ2n) is 4.26. The van der Waals surface area contributed by atoms with Gasteiger partial charge in [-0.3, -0.25) is 0 Å². The molecule has 112 valence electrons. The van der Waals surface area contributed by atoms with E-state index in [2.05, 4.69) is 15.9 Å². The standard InChI is InChI=1S/C15H12BrF3O2/c1-20-9-6-11(18)14(12(19)7-9)15(16)8-3-4-10(17)13(5-8)21-2/h3-7,15H,1-2H3. The SMILES string of the molecule is COc1cc(F)c(C(Br)c2ccc(F)c(OC)c2)c(F)c1. The second-order valence-corrected chi connectivity index (χ2v) is 5.18. The average Bonchev–Trinajstić information content (AvgIpc) is 2.46. The lowest BCUT2D eigenvalue weighted by Crippen LogP contribution is -2.02. The Morgan fingerprint density at radius 3 is 2.05 bits per heavy atom. The fourth-order valence-electron chi connectivity index (χ4n) is 1.92. The summed E-state index contributed by atoms with van der Waals surface area (Å²) in [7, 11) is 2.64. The topological polar surface area (TPSA) is 18.5 Å². The molecule has 0 heterocycles. The highest BCUT2D eigenvalue weighted by Gasteiger charge is 2.22. The molecule has 0 fully saturated rings. The van der Waals surface area contributed by atoms with Crippen LogP contribution >= 0.6 is 15.9 Å². The summed E-state index contributed by atoms with van der Waals surface area (Å²) in [5.41, 5.74) is 0.292. The Morgan fingerprint density at radius 2 is 1.52 bits per heavy atom. The van der Waals surface area contributed by atoms with Crippen LogP contribution in [0.5, 0.6) is 11.5 Å². The average molecular weight is 361 g/mol. The molecule has 1 atom stereocenters. The van der Waals surface area contributed by atoms with Gasteiger partial charge in [0.25, 0.3) is 0 Å². The lowest BCUT2D eigenvalue weighted by atomic mass is 10.0. The van der Waals surface area contributed by atoms with Crippen LogP contribution in [0.4, 0.5) is 13.2 Å². The van der Waals surface area contributed by atoms with E-state index in [9.17, 15) is 13.2 Å². The second kappa shape index (κ2) is 6.39. The van der Waals surface area contributed by atoms with Gasteiger partial charge in [-0.25, -0.2) is 13.2 Å². The van der Waals surface area contributed by atoms with Gasteiger partial charge >= 0.3 is 0 Å². The van der Waals surface area contributed by atoms with Crippen LogP contribution in [-0.4, -0.2) is 14.2 Å². The third-order valence-corrected chi connectivity index (χ3v) is 4.00. The van der Waals surface area contributed by atoms with E-state index in [4.69, 9.17) is 9.47 Å². The molecule has 2 rings (SSSR count). The number of ether oxygens (including phenoxy) is 2. The first kappa shape index (κ1) is 15.7. The maximum Gasteiger partial charge on any atom is 0.165 e. The van der Waals surface area contributed by atoms with Crippen molar-refractivity contribution in [3.63, 3.8) is 0 Å². The van der Waals surface area contributed by atoms with Crippen LogP contribution in [0.15, 0.2) is 30.3 Å². The van der Waals surface area contributed by atoms with Gasteiger partial charge in [-0.1, -0.05) is 22.0 Å². The smallest absolute Gasteiger partial charge is 0.165 e. The number of hydrogen-bond acceptors (Lipinski definition) is 2. The Kier molecular flexibility index (Phi) is 4.77. The van der Waals surface area contributed by atoms with Crippen molar-refractivity contribution in [3.05, 3.63) is 58.9 Å². The maximum atomic E-state index is 14.0. The van der Waals surface area contributed by atoms with E-state index in [1.54, 1.807) is 0 Å². The summed E-state index contributed by atoms with van der Waals surface area (Å²) in [6, 6.07) is 6.18. The molecule has 0 amide bonds. The highest BCUT2D eigenvalue weighted by molar-refractivity contribution is 9.09. The monoisotopic (exact) mass is 360 g/mol. The van der Waals surface area contributed by atoms with Gasteiger partial charge in [0.05, 0.1) is 19.0 Å². The zero-order valence-electron chi connectivity index (χ0n) is 11.3. The van der Waals surface area contributed by atoms with Crippen molar-refractivity contribution in [2.24, 2.45) is 0 Å². The molecule has 0 N–H and O–H groups in total. The summed E-state index contributed by atoms with van der Waals surface area (Å²) in [5.74, 6) is -1.96. The van der Waals surface area contributed by atoms with Crippen LogP contribution in [0.2, 0.25) is 0 Å². The Bertz CT molecular complexity index is 638. The summed E-state index contributed by atoms with van der Waals surface area (Å²) in [6.45, 7) is 0. The van der Waals surface area contributed by atoms with E-state index in [-0.39, 0.29) is 17.1 Å². The van der Waals surface area contributed by atoms with E-state index in [0.717, 1.165) is 12.1 Å². The number of methoxy groups -OCH3 is 2. The van der Waals surface area contributed by atoms with Crippen LogP contribution in [0.3, 0.4) is 0 Å². The predicted octanol–water partition coefficient (Wildman–Crippen LogP) is 4.61. The Labute approximate surface area is 128 Å². The van der Waals surface area contributed by atoms with Crippen molar-refractivity contribution in [2.75, 3.05) is 14.2 Å². The summed E-state index contributed by atoms with van der Waals surface area (Å²) < 4.78 is 51.1. The number of alkyl halides is 1. The third-order valence-electron chi connectivity index (χ3n) is 3.01. The molecule has 2 aromatic rings. The summed E-state index contributed by atoms with van der Waals surface area (Å²) in [4.78, 5) is -0.780. The zero-order chi connectivity index (χ0) is 15.6. The number of benzene rings is 2. The van der Waals surface area contributed by atoms with Crippen molar-refractivity contribution in [1.29, 1.82) is 0 Å². The summed E-state index contributed by atoms with van der Waals surface area (Å²) >= 11 is 3.23. The van der Waals surface area contributed by atoms with E-state index in [1.807, 2.05) is 0 Å². The van der Waals surface area contributed by atoms with Crippen molar-refractivity contribution >= 4 is 15.9 Å². The summed E-state index contributed by atoms with van der Waals surface area (Å²) in [6.07, 6.45) is 0. The van der Waals surface area contributed by atoms with E-state index < -0.39 is 22.3 Å². The minimum atomic E-state index is -0.780. The molecule has 0 radical (unpaired) electrons. The Morgan fingerprint density at radius 1 is 0.905 bits per heavy atom. The fourth-order valence-corrected chi connectivity index (χ4v) is 2.64. The van der Waals surface area contributed by atoms with E-state index in [0.29, 0.717) is 5.56 Å². The van der Waals surface area contributed by atoms with Gasteiger partial charge in [0, 0.05) is 17.7 Å². The molecule has 6 heteroatoms. The molecule has 21 heavy (non-hydrogen) atoms. The minimum absolute atomic E-state index is 0.00581. The molecule has 0 aliphatic heterocycles. The molecular formula is C15H12BrF3O2. The van der Waals surface area contributed by atoms with Gasteiger partial charge in [0.1, 0.15) is 17.4 Å². The Hall–Kier alpha value is -1.69. The van der Waals surface area contributed by atoms with Gasteiger partial charge in [0.15, 0.2) is 11.6 Å². The van der Waals surface area contributed by atoms with Gasteiger partial charge in [-0.2, -0.15) is 0 Å². The minimum Gasteiger partial charge on any atom is -0.497 e. The van der Waals surface area contributed by atoms with E-state index in [1.165, 1.54) is 32.4 Å². The van der Waals surface area contributed by atoms with Gasteiger partial charge < -0.3 is 9.47 Å². The highest BCUT2D eigenvalue weighted by atomic mass is 79.9. The third kappa shape index (κ3) is 3.15. The van der Waals surface area contributed by atoms with Crippen molar-refractivity contribution in [3.8, 4) is 11.5 Å². The maximum absolute atomic E-state index is 14.0. The number of hydrogen-bond donors (Lipinski definition) is 0. The molecule has 0 saturated carbocycles. The van der Waals surface area contributed by atoms with Crippen LogP contribution < -0.4 is 9.47 Å². The molecule has 0 aromatic heterocycles. The molecule has 0 bridgehead atoms. The van der Waals surface area contributed by atoms with Crippen LogP contribution in [0.25, 0.3) is 0 Å². The first-order chi connectivity index (χ1) is 9.97. The Balaban J connectivity index is 2.47. The predicted molar refractivity (Wildman–Crippen MR) is 76.6 cm³/mol. The highest BCUT2D eigenvalue weighted by Crippen LogP contribution is 2.37. The molecule has 0 spiro atoms. The van der Waals surface area contributed by atoms with Gasteiger partial charge in [0.2, 0.25) is 0 Å². The number of halogens is 4. The molecule has 2 aromatic carbocycles. The van der Waals surface area contributed by atoms with Crippen molar-refractivity contribution in [2.45, 2.75) is 4.83 Å². The molecule has 0 aliphatic rings. The first-order valence-corrected chi connectivity index (χ1v) is 6.90. The molecular weight excluding hydrogens is 349 g/mol. The van der Waals surface area contributed by atoms with Gasteiger partial charge in [-0.05, 0) is 17.7 Å². The van der Waals surface area contributed by atoms with E-state index >= 15 is 0 Å². The number of rotatable bonds is 4. The molecule has 0 saturated heterocycles. The van der Waals surface area contributed by atoms with Gasteiger partial charge in [-0.15, -0.1) is 0 Å². The first-order valence-electron chi connectivity index (χ1n) is 5.98. The largest absolute Gasteiger partial charge is 0.497 e.